The maximum Gasteiger partial charge on any atom is 0.238 e. The number of hydrogen-bond acceptors (Lipinski definition) is 3. The molecule has 0 spiro atoms. The summed E-state index contributed by atoms with van der Waals surface area (Å²) in [5.74, 6) is -0.716. The minimum absolute atomic E-state index is 0.128. The van der Waals surface area contributed by atoms with Gasteiger partial charge in [-0.1, -0.05) is 13.8 Å². The van der Waals surface area contributed by atoms with E-state index in [4.69, 9.17) is 5.73 Å². The summed E-state index contributed by atoms with van der Waals surface area (Å²) in [6.07, 6.45) is 1.96. The van der Waals surface area contributed by atoms with Gasteiger partial charge >= 0.3 is 0 Å². The number of likely N-dealkylation sites (N-methyl/N-ethyl adjacent to an activating group) is 1. The molecule has 3 N–H and O–H groups in total. The lowest BCUT2D eigenvalue weighted by Gasteiger charge is -2.25. The van der Waals surface area contributed by atoms with Crippen LogP contribution in [0.2, 0.25) is 0 Å². The molecule has 1 rings (SSSR count). The normalized spacial score (nSPS) is 11.1. The first-order valence-electron chi connectivity index (χ1n) is 6.53. The number of nitrogen functional groups attached to an aromatic ring is 1. The van der Waals surface area contributed by atoms with Gasteiger partial charge in [0.1, 0.15) is 5.82 Å². The zero-order valence-electron chi connectivity index (χ0n) is 11.7. The second-order valence-corrected chi connectivity index (χ2v) is 4.67. The monoisotopic (exact) mass is 267 g/mol. The number of carbonyl (C=O) groups excluding carboxylic acids is 1. The third-order valence-electron chi connectivity index (χ3n) is 3.22. The van der Waals surface area contributed by atoms with Gasteiger partial charge in [0.25, 0.3) is 0 Å². The molecule has 1 aromatic rings. The lowest BCUT2D eigenvalue weighted by atomic mass is 10.1. The highest BCUT2D eigenvalue weighted by Gasteiger charge is 2.15. The maximum atomic E-state index is 13.5. The summed E-state index contributed by atoms with van der Waals surface area (Å²) < 4.78 is 13.5. The average molecular weight is 267 g/mol. The largest absolute Gasteiger partial charge is 0.399 e. The first kappa shape index (κ1) is 15.4. The van der Waals surface area contributed by atoms with E-state index in [9.17, 15) is 9.18 Å². The number of nitrogens with one attached hydrogen (secondary N) is 1. The van der Waals surface area contributed by atoms with Crippen LogP contribution >= 0.6 is 0 Å². The first-order valence-corrected chi connectivity index (χ1v) is 6.53. The molecule has 0 aliphatic carbocycles. The minimum Gasteiger partial charge on any atom is -0.399 e. The highest BCUT2D eigenvalue weighted by atomic mass is 19.1. The Kier molecular flexibility index (Phi) is 5.76. The van der Waals surface area contributed by atoms with Crippen molar-refractivity contribution in [1.29, 1.82) is 0 Å². The molecule has 1 amide bonds. The van der Waals surface area contributed by atoms with Gasteiger partial charge in [-0.2, -0.15) is 0 Å². The molecule has 0 aromatic heterocycles. The number of nitrogens with zero attached hydrogens (tertiary/aromatic N) is 1. The molecule has 0 saturated carbocycles. The molecule has 4 nitrogen and oxygen atoms in total. The molecule has 0 radical (unpaired) electrons. The van der Waals surface area contributed by atoms with Gasteiger partial charge in [-0.25, -0.2) is 4.39 Å². The van der Waals surface area contributed by atoms with Gasteiger partial charge in [-0.05, 0) is 38.1 Å². The number of nitrogens with two attached hydrogens (primary N) is 1. The van der Waals surface area contributed by atoms with Crippen molar-refractivity contribution in [2.75, 3.05) is 24.6 Å². The Labute approximate surface area is 113 Å². The Morgan fingerprint density at radius 3 is 2.63 bits per heavy atom. The Balaban J connectivity index is 2.62. The van der Waals surface area contributed by atoms with Crippen LogP contribution in [-0.4, -0.2) is 30.4 Å². The second-order valence-electron chi connectivity index (χ2n) is 4.67. The molecule has 106 valence electrons. The molecule has 1 aromatic carbocycles. The Hall–Kier alpha value is -1.62. The van der Waals surface area contributed by atoms with E-state index in [0.717, 1.165) is 12.8 Å². The van der Waals surface area contributed by atoms with Gasteiger partial charge in [0, 0.05) is 11.7 Å². The van der Waals surface area contributed by atoms with E-state index in [0.29, 0.717) is 11.7 Å². The maximum absolute atomic E-state index is 13.5. The lowest BCUT2D eigenvalue weighted by molar-refractivity contribution is -0.117. The van der Waals surface area contributed by atoms with Crippen LogP contribution < -0.4 is 11.1 Å². The number of anilines is 2. The molecule has 19 heavy (non-hydrogen) atoms. The summed E-state index contributed by atoms with van der Waals surface area (Å²) in [6.45, 7) is 4.40. The van der Waals surface area contributed by atoms with E-state index in [2.05, 4.69) is 19.2 Å². The number of halogens is 1. The van der Waals surface area contributed by atoms with Crippen molar-refractivity contribution < 1.29 is 9.18 Å². The third-order valence-corrected chi connectivity index (χ3v) is 3.22. The summed E-state index contributed by atoms with van der Waals surface area (Å²) in [5, 5.41) is 2.55. The molecule has 0 atom stereocenters. The number of amides is 1. The van der Waals surface area contributed by atoms with Crippen molar-refractivity contribution in [1.82, 2.24) is 4.90 Å². The second kappa shape index (κ2) is 7.09. The van der Waals surface area contributed by atoms with Crippen LogP contribution in [-0.2, 0) is 4.79 Å². The third kappa shape index (κ3) is 4.52. The van der Waals surface area contributed by atoms with Gasteiger partial charge in [-0.15, -0.1) is 0 Å². The summed E-state index contributed by atoms with van der Waals surface area (Å²) in [7, 11) is 1.90. The summed E-state index contributed by atoms with van der Waals surface area (Å²) in [4.78, 5) is 13.8. The van der Waals surface area contributed by atoms with Crippen LogP contribution in [0.3, 0.4) is 0 Å². The van der Waals surface area contributed by atoms with Crippen molar-refractivity contribution >= 4 is 17.3 Å². The van der Waals surface area contributed by atoms with Crippen molar-refractivity contribution in [2.24, 2.45) is 0 Å². The van der Waals surface area contributed by atoms with Crippen LogP contribution in [0, 0.1) is 5.82 Å². The van der Waals surface area contributed by atoms with Gasteiger partial charge < -0.3 is 11.1 Å². The first-order chi connectivity index (χ1) is 8.97. The van der Waals surface area contributed by atoms with Gasteiger partial charge in [0.2, 0.25) is 5.91 Å². The lowest BCUT2D eigenvalue weighted by Crippen LogP contribution is -2.37. The molecular formula is C14H22FN3O. The zero-order chi connectivity index (χ0) is 14.4. The fourth-order valence-corrected chi connectivity index (χ4v) is 2.10. The minimum atomic E-state index is -0.479. The molecular weight excluding hydrogens is 245 g/mol. The molecule has 5 heteroatoms. The van der Waals surface area contributed by atoms with Crippen LogP contribution in [0.25, 0.3) is 0 Å². The molecule has 0 aliphatic heterocycles. The smallest absolute Gasteiger partial charge is 0.238 e. The SMILES string of the molecule is CCC(CC)N(C)CC(=O)Nc1cc(N)ccc1F. The Morgan fingerprint density at radius 1 is 1.42 bits per heavy atom. The highest BCUT2D eigenvalue weighted by molar-refractivity contribution is 5.92. The predicted octanol–water partition coefficient (Wildman–Crippen LogP) is 2.47. The molecule has 0 aliphatic rings. The van der Waals surface area contributed by atoms with Crippen LogP contribution in [0.15, 0.2) is 18.2 Å². The van der Waals surface area contributed by atoms with E-state index in [1.807, 2.05) is 11.9 Å². The van der Waals surface area contributed by atoms with Gasteiger partial charge in [0.15, 0.2) is 0 Å². The fraction of sp³-hybridized carbons (Fsp3) is 0.500. The Bertz CT molecular complexity index is 433. The summed E-state index contributed by atoms with van der Waals surface area (Å²) >= 11 is 0. The van der Waals surface area contributed by atoms with E-state index in [1.54, 1.807) is 0 Å². The molecule has 0 fully saturated rings. The molecule has 0 heterocycles. The van der Waals surface area contributed by atoms with E-state index >= 15 is 0 Å². The van der Waals surface area contributed by atoms with Crippen LogP contribution in [0.5, 0.6) is 0 Å². The highest BCUT2D eigenvalue weighted by Crippen LogP contribution is 2.17. The number of hydrogen-bond donors (Lipinski definition) is 2. The number of rotatable bonds is 6. The zero-order valence-corrected chi connectivity index (χ0v) is 11.7. The topological polar surface area (TPSA) is 58.4 Å². The average Bonchev–Trinajstić information content (AvgIpc) is 2.35. The van der Waals surface area contributed by atoms with Crippen molar-refractivity contribution in [3.05, 3.63) is 24.0 Å². The number of benzene rings is 1. The van der Waals surface area contributed by atoms with Crippen molar-refractivity contribution in [3.8, 4) is 0 Å². The van der Waals surface area contributed by atoms with Gasteiger partial charge in [0.05, 0.1) is 12.2 Å². The molecule has 0 unspecified atom stereocenters. The van der Waals surface area contributed by atoms with E-state index < -0.39 is 5.82 Å². The molecule has 0 saturated heterocycles. The standard InChI is InChI=1S/C14H22FN3O/c1-4-11(5-2)18(3)9-14(19)17-13-8-10(16)6-7-12(13)15/h6-8,11H,4-5,9,16H2,1-3H3,(H,17,19). The van der Waals surface area contributed by atoms with Crippen LogP contribution in [0.4, 0.5) is 15.8 Å². The van der Waals surface area contributed by atoms with Crippen LogP contribution in [0.1, 0.15) is 26.7 Å². The van der Waals surface area contributed by atoms with Gasteiger partial charge in [-0.3, -0.25) is 9.69 Å². The van der Waals surface area contributed by atoms with E-state index in [-0.39, 0.29) is 18.1 Å². The van der Waals surface area contributed by atoms with Crippen molar-refractivity contribution in [2.45, 2.75) is 32.7 Å². The summed E-state index contributed by atoms with van der Waals surface area (Å²) in [6, 6.07) is 4.48. The Morgan fingerprint density at radius 2 is 2.05 bits per heavy atom. The summed E-state index contributed by atoms with van der Waals surface area (Å²) in [5.41, 5.74) is 6.12. The van der Waals surface area contributed by atoms with E-state index in [1.165, 1.54) is 18.2 Å². The predicted molar refractivity (Wildman–Crippen MR) is 76.4 cm³/mol. The quantitative estimate of drug-likeness (QED) is 0.778. The number of carbonyl (C=O) groups is 1. The van der Waals surface area contributed by atoms with Crippen molar-refractivity contribution in [3.63, 3.8) is 0 Å². The molecule has 0 bridgehead atoms. The fourth-order valence-electron chi connectivity index (χ4n) is 2.10.